The second kappa shape index (κ2) is 11.2. The van der Waals surface area contributed by atoms with Gasteiger partial charge in [0.1, 0.15) is 0 Å². The highest BCUT2D eigenvalue weighted by atomic mass is 127. The minimum absolute atomic E-state index is 0. The van der Waals surface area contributed by atoms with E-state index in [-0.39, 0.29) is 47.1 Å². The first-order valence-electron chi connectivity index (χ1n) is 10.3. The number of halogens is 1. The summed E-state index contributed by atoms with van der Waals surface area (Å²) in [5, 5.41) is 6.88. The summed E-state index contributed by atoms with van der Waals surface area (Å²) in [5.74, 6) is 1.26. The first-order chi connectivity index (χ1) is 12.8. The predicted octanol–water partition coefficient (Wildman–Crippen LogP) is 2.06. The number of piperidine rings is 1. The second-order valence-electron chi connectivity index (χ2n) is 8.51. The van der Waals surface area contributed by atoms with Crippen LogP contribution in [0.4, 0.5) is 0 Å². The molecule has 28 heavy (non-hydrogen) atoms. The van der Waals surface area contributed by atoms with Gasteiger partial charge in [0, 0.05) is 52.7 Å². The lowest BCUT2D eigenvalue weighted by Crippen LogP contribution is -2.53. The third-order valence-corrected chi connectivity index (χ3v) is 5.88. The molecule has 0 bridgehead atoms. The molecule has 1 saturated heterocycles. The highest BCUT2D eigenvalue weighted by Gasteiger charge is 2.42. The van der Waals surface area contributed by atoms with Gasteiger partial charge in [-0.3, -0.25) is 14.6 Å². The Bertz CT molecular complexity index is 551. The molecule has 1 aliphatic carbocycles. The van der Waals surface area contributed by atoms with Crippen molar-refractivity contribution in [2.75, 3.05) is 40.8 Å². The van der Waals surface area contributed by atoms with E-state index in [1.165, 1.54) is 0 Å². The van der Waals surface area contributed by atoms with E-state index in [0.717, 1.165) is 57.6 Å². The number of guanidine groups is 1. The fourth-order valence-electron chi connectivity index (χ4n) is 4.24. The zero-order valence-corrected chi connectivity index (χ0v) is 20.4. The molecule has 162 valence electrons. The quantitative estimate of drug-likeness (QED) is 0.340. The molecule has 2 rings (SSSR count). The lowest BCUT2D eigenvalue weighted by atomic mass is 9.84. The lowest BCUT2D eigenvalue weighted by molar-refractivity contribution is -0.139. The molecular weight excluding hydrogens is 469 g/mol. The van der Waals surface area contributed by atoms with Crippen LogP contribution < -0.4 is 10.6 Å². The number of nitrogens with zero attached hydrogens (tertiary/aromatic N) is 3. The van der Waals surface area contributed by atoms with Gasteiger partial charge in [-0.15, -0.1) is 24.0 Å². The van der Waals surface area contributed by atoms with Crippen molar-refractivity contribution < 1.29 is 9.59 Å². The van der Waals surface area contributed by atoms with Crippen molar-refractivity contribution in [3.05, 3.63) is 0 Å². The van der Waals surface area contributed by atoms with Crippen molar-refractivity contribution in [2.24, 2.45) is 16.3 Å². The largest absolute Gasteiger partial charge is 0.355 e. The smallest absolute Gasteiger partial charge is 0.230 e. The maximum Gasteiger partial charge on any atom is 0.230 e. The Balaban J connectivity index is 0.00000392. The molecule has 0 atom stereocenters. The van der Waals surface area contributed by atoms with Crippen LogP contribution in [-0.2, 0) is 9.59 Å². The number of rotatable bonds is 5. The van der Waals surface area contributed by atoms with Gasteiger partial charge in [0.05, 0.1) is 5.41 Å². The summed E-state index contributed by atoms with van der Waals surface area (Å²) < 4.78 is 0. The van der Waals surface area contributed by atoms with E-state index >= 15 is 0 Å². The average molecular weight is 507 g/mol. The maximum atomic E-state index is 12.7. The summed E-state index contributed by atoms with van der Waals surface area (Å²) in [6.45, 7) is 6.09. The summed E-state index contributed by atoms with van der Waals surface area (Å²) in [5.41, 5.74) is -0.311. The molecule has 2 aliphatic rings. The molecule has 0 radical (unpaired) electrons. The summed E-state index contributed by atoms with van der Waals surface area (Å²) in [6.07, 6.45) is 5.92. The minimum atomic E-state index is -0.311. The molecule has 2 amide bonds. The highest BCUT2D eigenvalue weighted by Crippen LogP contribution is 2.38. The maximum absolute atomic E-state index is 12.7. The molecule has 2 N–H and O–H groups in total. The van der Waals surface area contributed by atoms with Crippen LogP contribution in [0.5, 0.6) is 0 Å². The monoisotopic (exact) mass is 507 g/mol. The van der Waals surface area contributed by atoms with Crippen molar-refractivity contribution in [1.82, 2.24) is 20.4 Å². The van der Waals surface area contributed by atoms with E-state index in [1.54, 1.807) is 11.9 Å². The van der Waals surface area contributed by atoms with Crippen LogP contribution >= 0.6 is 24.0 Å². The number of carbonyl (C=O) groups is 2. The van der Waals surface area contributed by atoms with Gasteiger partial charge in [-0.2, -0.15) is 0 Å². The number of likely N-dealkylation sites (tertiary alicyclic amines) is 1. The first-order valence-corrected chi connectivity index (χ1v) is 10.3. The van der Waals surface area contributed by atoms with Crippen LogP contribution in [0.15, 0.2) is 4.99 Å². The van der Waals surface area contributed by atoms with Gasteiger partial charge in [0.2, 0.25) is 11.8 Å². The Kier molecular flexibility index (Phi) is 10.00. The normalized spacial score (nSPS) is 19.9. The number of carbonyl (C=O) groups excluding carboxylic acids is 2. The topological polar surface area (TPSA) is 77.0 Å². The van der Waals surface area contributed by atoms with Crippen LogP contribution in [-0.4, -0.2) is 74.4 Å². The molecule has 0 spiro atoms. The zero-order valence-electron chi connectivity index (χ0n) is 18.1. The first kappa shape index (κ1) is 25.0. The molecule has 1 saturated carbocycles. The second-order valence-corrected chi connectivity index (χ2v) is 8.51. The van der Waals surface area contributed by atoms with Crippen molar-refractivity contribution in [3.63, 3.8) is 0 Å². The molecule has 1 heterocycles. The van der Waals surface area contributed by atoms with Crippen LogP contribution in [0.3, 0.4) is 0 Å². The summed E-state index contributed by atoms with van der Waals surface area (Å²) in [6, 6.07) is 0.302. The lowest BCUT2D eigenvalue weighted by Gasteiger charge is -2.35. The van der Waals surface area contributed by atoms with Crippen molar-refractivity contribution in [3.8, 4) is 0 Å². The third kappa shape index (κ3) is 6.22. The van der Waals surface area contributed by atoms with E-state index in [9.17, 15) is 9.59 Å². The molecule has 0 unspecified atom stereocenters. The number of nitrogens with one attached hydrogen (secondary N) is 2. The highest BCUT2D eigenvalue weighted by molar-refractivity contribution is 14.0. The third-order valence-electron chi connectivity index (χ3n) is 5.88. The SMILES string of the molecule is CN=C(NCC1(C(=O)N(C)C)CCCC1)NC1CCN(C(=O)C(C)C)CC1.I. The summed E-state index contributed by atoms with van der Waals surface area (Å²) >= 11 is 0. The van der Waals surface area contributed by atoms with Crippen LogP contribution in [0, 0.1) is 11.3 Å². The molecule has 0 aromatic carbocycles. The Morgan fingerprint density at radius 3 is 2.21 bits per heavy atom. The van der Waals surface area contributed by atoms with Gasteiger partial charge in [0.25, 0.3) is 0 Å². The molecule has 7 nitrogen and oxygen atoms in total. The van der Waals surface area contributed by atoms with Gasteiger partial charge in [-0.25, -0.2) is 0 Å². The number of aliphatic imine (C=N–C) groups is 1. The summed E-state index contributed by atoms with van der Waals surface area (Å²) in [4.78, 5) is 32.8. The Morgan fingerprint density at radius 1 is 1.18 bits per heavy atom. The Labute approximate surface area is 187 Å². The van der Waals surface area contributed by atoms with Gasteiger partial charge in [-0.05, 0) is 25.7 Å². The van der Waals surface area contributed by atoms with Crippen LogP contribution in [0.25, 0.3) is 0 Å². The van der Waals surface area contributed by atoms with E-state index in [2.05, 4.69) is 15.6 Å². The molecular formula is C20H38IN5O2. The minimum Gasteiger partial charge on any atom is -0.355 e. The van der Waals surface area contributed by atoms with Crippen LogP contribution in [0.2, 0.25) is 0 Å². The number of hydrogen-bond donors (Lipinski definition) is 2. The van der Waals surface area contributed by atoms with Gasteiger partial charge in [0.15, 0.2) is 5.96 Å². The van der Waals surface area contributed by atoms with Crippen molar-refractivity contribution >= 4 is 41.8 Å². The Hall–Kier alpha value is -1.06. The molecule has 0 aromatic heterocycles. The summed E-state index contributed by atoms with van der Waals surface area (Å²) in [7, 11) is 5.44. The molecule has 8 heteroatoms. The van der Waals surface area contributed by atoms with Gasteiger partial charge >= 0.3 is 0 Å². The van der Waals surface area contributed by atoms with Crippen molar-refractivity contribution in [1.29, 1.82) is 0 Å². The van der Waals surface area contributed by atoms with E-state index < -0.39 is 0 Å². The van der Waals surface area contributed by atoms with Crippen LogP contribution in [0.1, 0.15) is 52.4 Å². The van der Waals surface area contributed by atoms with Crippen molar-refractivity contribution in [2.45, 2.75) is 58.4 Å². The Morgan fingerprint density at radius 2 is 1.75 bits per heavy atom. The molecule has 2 fully saturated rings. The van der Waals surface area contributed by atoms with E-state index in [1.807, 2.05) is 32.8 Å². The van der Waals surface area contributed by atoms with E-state index in [4.69, 9.17) is 0 Å². The zero-order chi connectivity index (χ0) is 20.0. The standard InChI is InChI=1S/C20H37N5O2.HI/c1-15(2)17(26)25-12-8-16(9-13-25)23-19(21-3)22-14-20(10-6-7-11-20)18(27)24(4)5;/h15-16H,6-14H2,1-5H3,(H2,21,22,23);1H. The molecule has 0 aromatic rings. The fourth-order valence-corrected chi connectivity index (χ4v) is 4.24. The van der Waals surface area contributed by atoms with E-state index in [0.29, 0.717) is 12.6 Å². The average Bonchev–Trinajstić information content (AvgIpc) is 3.14. The number of amides is 2. The fraction of sp³-hybridized carbons (Fsp3) is 0.850. The number of hydrogen-bond acceptors (Lipinski definition) is 3. The van der Waals surface area contributed by atoms with Gasteiger partial charge in [-0.1, -0.05) is 26.7 Å². The van der Waals surface area contributed by atoms with Gasteiger partial charge < -0.3 is 20.4 Å². The predicted molar refractivity (Wildman–Crippen MR) is 124 cm³/mol. The molecule has 1 aliphatic heterocycles.